The maximum Gasteiger partial charge on any atom is 0.272 e. The van der Waals surface area contributed by atoms with Gasteiger partial charge < -0.3 is 4.98 Å². The number of halogens is 3. The molecule has 0 unspecified atom stereocenters. The van der Waals surface area contributed by atoms with E-state index in [1.165, 1.54) is 0 Å². The number of alkyl halides is 2. The Balaban J connectivity index is 3.40. The van der Waals surface area contributed by atoms with E-state index in [0.29, 0.717) is 6.07 Å². The van der Waals surface area contributed by atoms with Crippen LogP contribution in [0.3, 0.4) is 0 Å². The highest BCUT2D eigenvalue weighted by atomic mass is 19.3. The molecule has 6 heteroatoms. The van der Waals surface area contributed by atoms with Gasteiger partial charge in [-0.25, -0.2) is 13.2 Å². The molecule has 0 spiro atoms. The average molecular weight is 191 g/mol. The highest BCUT2D eigenvalue weighted by molar-refractivity contribution is 5.71. The van der Waals surface area contributed by atoms with Gasteiger partial charge in [-0.2, -0.15) is 0 Å². The Morgan fingerprint density at radius 3 is 2.46 bits per heavy atom. The number of carbonyl (C=O) groups excluding carboxylic acids is 1. The number of rotatable bonds is 2. The van der Waals surface area contributed by atoms with Crippen LogP contribution < -0.4 is 5.56 Å². The monoisotopic (exact) mass is 191 g/mol. The fraction of sp³-hybridized carbons (Fsp3) is 0.143. The van der Waals surface area contributed by atoms with Gasteiger partial charge in [0, 0.05) is 6.07 Å². The van der Waals surface area contributed by atoms with Crippen molar-refractivity contribution in [1.29, 1.82) is 0 Å². The summed E-state index contributed by atoms with van der Waals surface area (Å²) in [6.45, 7) is 0. The molecular formula is C7H4F3NO2. The fourth-order valence-corrected chi connectivity index (χ4v) is 0.824. The Bertz CT molecular complexity index is 386. The lowest BCUT2D eigenvalue weighted by atomic mass is 10.2. The van der Waals surface area contributed by atoms with Crippen molar-refractivity contribution in [3.05, 3.63) is 33.5 Å². The zero-order valence-electron chi connectivity index (χ0n) is 6.18. The Kier molecular flexibility index (Phi) is 2.50. The molecule has 0 aromatic carbocycles. The molecule has 13 heavy (non-hydrogen) atoms. The van der Waals surface area contributed by atoms with Crippen molar-refractivity contribution in [2.75, 3.05) is 0 Å². The van der Waals surface area contributed by atoms with Crippen molar-refractivity contribution >= 4 is 6.29 Å². The van der Waals surface area contributed by atoms with Crippen molar-refractivity contribution in [2.45, 2.75) is 6.43 Å². The van der Waals surface area contributed by atoms with Gasteiger partial charge in [-0.05, 0) is 0 Å². The zero-order chi connectivity index (χ0) is 10.0. The van der Waals surface area contributed by atoms with E-state index >= 15 is 0 Å². The molecule has 0 aliphatic carbocycles. The summed E-state index contributed by atoms with van der Waals surface area (Å²) in [4.78, 5) is 22.6. The highest BCUT2D eigenvalue weighted by Gasteiger charge is 2.18. The summed E-state index contributed by atoms with van der Waals surface area (Å²) in [5.74, 6) is -1.37. The summed E-state index contributed by atoms with van der Waals surface area (Å²) in [5.41, 5.74) is -2.89. The van der Waals surface area contributed by atoms with E-state index < -0.39 is 23.4 Å². The first-order chi connectivity index (χ1) is 6.06. The van der Waals surface area contributed by atoms with Gasteiger partial charge in [0.05, 0.1) is 5.69 Å². The average Bonchev–Trinajstić information content (AvgIpc) is 2.02. The van der Waals surface area contributed by atoms with Gasteiger partial charge in [-0.1, -0.05) is 0 Å². The van der Waals surface area contributed by atoms with Crippen LogP contribution in [-0.4, -0.2) is 11.3 Å². The van der Waals surface area contributed by atoms with E-state index in [1.807, 2.05) is 0 Å². The Labute approximate surface area is 70.2 Å². The number of H-pyrrole nitrogens is 1. The molecule has 0 amide bonds. The smallest absolute Gasteiger partial charge is 0.272 e. The first kappa shape index (κ1) is 9.50. The fourth-order valence-electron chi connectivity index (χ4n) is 0.824. The van der Waals surface area contributed by atoms with Crippen LogP contribution in [0.25, 0.3) is 0 Å². The maximum absolute atomic E-state index is 12.7. The van der Waals surface area contributed by atoms with Gasteiger partial charge in [-0.15, -0.1) is 0 Å². The van der Waals surface area contributed by atoms with Crippen LogP contribution >= 0.6 is 0 Å². The lowest BCUT2D eigenvalue weighted by molar-refractivity contribution is 0.111. The molecule has 3 nitrogen and oxygen atoms in total. The molecule has 0 radical (unpaired) electrons. The topological polar surface area (TPSA) is 49.9 Å². The van der Waals surface area contributed by atoms with Crippen molar-refractivity contribution < 1.29 is 18.0 Å². The van der Waals surface area contributed by atoms with E-state index in [2.05, 4.69) is 0 Å². The minimum Gasteiger partial charge on any atom is -0.319 e. The first-order valence-electron chi connectivity index (χ1n) is 3.22. The highest BCUT2D eigenvalue weighted by Crippen LogP contribution is 2.17. The number of pyridine rings is 1. The number of aldehydes is 1. The number of nitrogens with one attached hydrogen (secondary N) is 1. The second-order valence-electron chi connectivity index (χ2n) is 2.23. The van der Waals surface area contributed by atoms with Crippen molar-refractivity contribution in [3.8, 4) is 0 Å². The minimum absolute atomic E-state index is 0.166. The van der Waals surface area contributed by atoms with Crippen LogP contribution in [0.1, 0.15) is 22.5 Å². The second kappa shape index (κ2) is 3.42. The molecule has 0 bridgehead atoms. The molecule has 1 aromatic rings. The van der Waals surface area contributed by atoms with Crippen LogP contribution in [0.4, 0.5) is 13.2 Å². The van der Waals surface area contributed by atoms with Gasteiger partial charge >= 0.3 is 0 Å². The van der Waals surface area contributed by atoms with Crippen LogP contribution in [0.15, 0.2) is 10.9 Å². The van der Waals surface area contributed by atoms with Crippen molar-refractivity contribution in [2.24, 2.45) is 0 Å². The quantitative estimate of drug-likeness (QED) is 0.715. The number of aromatic amines is 1. The van der Waals surface area contributed by atoms with Crippen LogP contribution in [-0.2, 0) is 0 Å². The third kappa shape index (κ3) is 1.77. The van der Waals surface area contributed by atoms with Gasteiger partial charge in [-0.3, -0.25) is 9.59 Å². The summed E-state index contributed by atoms with van der Waals surface area (Å²) in [5, 5.41) is 0. The van der Waals surface area contributed by atoms with Gasteiger partial charge in [0.2, 0.25) is 0 Å². The Morgan fingerprint density at radius 1 is 1.46 bits per heavy atom. The second-order valence-corrected chi connectivity index (χ2v) is 2.23. The van der Waals surface area contributed by atoms with Crippen molar-refractivity contribution in [3.63, 3.8) is 0 Å². The molecule has 1 rings (SSSR count). The lowest BCUT2D eigenvalue weighted by Crippen LogP contribution is -2.17. The van der Waals surface area contributed by atoms with Gasteiger partial charge in [0.25, 0.3) is 12.0 Å². The third-order valence-electron chi connectivity index (χ3n) is 1.39. The summed E-state index contributed by atoms with van der Waals surface area (Å²) in [6.07, 6.45) is -3.02. The van der Waals surface area contributed by atoms with E-state index in [1.54, 1.807) is 4.98 Å². The summed E-state index contributed by atoms with van der Waals surface area (Å²) < 4.78 is 36.6. The lowest BCUT2D eigenvalue weighted by Gasteiger charge is -2.00. The maximum atomic E-state index is 12.7. The predicted octanol–water partition coefficient (Wildman–Crippen LogP) is 1.26. The van der Waals surface area contributed by atoms with Crippen LogP contribution in [0.2, 0.25) is 0 Å². The number of hydrogen-bond donors (Lipinski definition) is 1. The molecule has 0 fully saturated rings. The number of aromatic nitrogens is 1. The summed E-state index contributed by atoms with van der Waals surface area (Å²) in [6, 6.07) is 0.551. The molecule has 1 heterocycles. The van der Waals surface area contributed by atoms with Gasteiger partial charge in [0.1, 0.15) is 11.4 Å². The molecule has 0 saturated carbocycles. The van der Waals surface area contributed by atoms with Crippen LogP contribution in [0, 0.1) is 5.82 Å². The molecule has 70 valence electrons. The molecule has 0 atom stereocenters. The van der Waals surface area contributed by atoms with E-state index in [-0.39, 0.29) is 12.0 Å². The van der Waals surface area contributed by atoms with Crippen molar-refractivity contribution in [1.82, 2.24) is 4.98 Å². The van der Waals surface area contributed by atoms with E-state index in [9.17, 15) is 22.8 Å². The molecule has 0 saturated heterocycles. The number of hydrogen-bond acceptors (Lipinski definition) is 2. The van der Waals surface area contributed by atoms with Crippen LogP contribution in [0.5, 0.6) is 0 Å². The molecule has 1 aromatic heterocycles. The molecular weight excluding hydrogens is 187 g/mol. The Hall–Kier alpha value is -1.59. The van der Waals surface area contributed by atoms with E-state index in [0.717, 1.165) is 0 Å². The standard InChI is InChI=1S/C7H4F3NO2/c8-4-1-3(2-12)11-7(13)5(4)6(9)10/h1-2,6H,(H,11,13). The number of carbonyl (C=O) groups is 1. The SMILES string of the molecule is O=Cc1cc(F)c(C(F)F)c(=O)[nH]1. The minimum atomic E-state index is -3.19. The zero-order valence-corrected chi connectivity index (χ0v) is 6.18. The molecule has 1 N–H and O–H groups in total. The largest absolute Gasteiger partial charge is 0.319 e. The molecule has 0 aliphatic heterocycles. The van der Waals surface area contributed by atoms with Gasteiger partial charge in [0.15, 0.2) is 6.29 Å². The molecule has 0 aliphatic rings. The third-order valence-corrected chi connectivity index (χ3v) is 1.39. The normalized spacial score (nSPS) is 10.5. The summed E-state index contributed by atoms with van der Waals surface area (Å²) >= 11 is 0. The summed E-state index contributed by atoms with van der Waals surface area (Å²) in [7, 11) is 0. The predicted molar refractivity (Wildman–Crippen MR) is 37.4 cm³/mol. The first-order valence-corrected chi connectivity index (χ1v) is 3.22. The van der Waals surface area contributed by atoms with E-state index in [4.69, 9.17) is 0 Å². The Morgan fingerprint density at radius 2 is 2.08 bits per heavy atom.